The van der Waals surface area contributed by atoms with E-state index in [-0.39, 0.29) is 17.5 Å². The zero-order valence-electron chi connectivity index (χ0n) is 11.5. The first kappa shape index (κ1) is 14.2. The highest BCUT2D eigenvalue weighted by atomic mass is 32.2. The quantitative estimate of drug-likeness (QED) is 0.890. The Balaban J connectivity index is 1.63. The minimum atomic E-state index is -2.95. The van der Waals surface area contributed by atoms with E-state index in [0.29, 0.717) is 31.1 Å². The monoisotopic (exact) mass is 307 g/mol. The lowest BCUT2D eigenvalue weighted by atomic mass is 10.1. The second-order valence-corrected chi connectivity index (χ2v) is 7.46. The second-order valence-electron chi connectivity index (χ2n) is 5.24. The summed E-state index contributed by atoms with van der Waals surface area (Å²) in [7, 11) is -2.95. The van der Waals surface area contributed by atoms with Gasteiger partial charge in [-0.3, -0.25) is 0 Å². The van der Waals surface area contributed by atoms with Crippen molar-refractivity contribution in [3.05, 3.63) is 47.6 Å². The molecule has 1 saturated heterocycles. The summed E-state index contributed by atoms with van der Waals surface area (Å²) in [6.07, 6.45) is 1.06. The molecule has 0 bridgehead atoms. The molecule has 1 aliphatic rings. The van der Waals surface area contributed by atoms with E-state index in [0.717, 1.165) is 5.56 Å². The molecule has 1 aliphatic heterocycles. The third kappa shape index (κ3) is 3.89. The van der Waals surface area contributed by atoms with E-state index in [4.69, 9.17) is 4.52 Å². The normalized spacial score (nSPS) is 21.2. The van der Waals surface area contributed by atoms with Crippen LogP contribution in [0.15, 0.2) is 34.9 Å². The lowest BCUT2D eigenvalue weighted by Gasteiger charge is -2.21. The Bertz CT molecular complexity index is 697. The van der Waals surface area contributed by atoms with Crippen molar-refractivity contribution in [3.8, 4) is 0 Å². The predicted octanol–water partition coefficient (Wildman–Crippen LogP) is 0.589. The third-order valence-corrected chi connectivity index (χ3v) is 5.17. The van der Waals surface area contributed by atoms with E-state index >= 15 is 0 Å². The smallest absolute Gasteiger partial charge is 0.228 e. The number of nitrogens with zero attached hydrogens (tertiary/aromatic N) is 2. The van der Waals surface area contributed by atoms with Gasteiger partial charge in [0.25, 0.3) is 0 Å². The topological polar surface area (TPSA) is 85.1 Å². The highest BCUT2D eigenvalue weighted by molar-refractivity contribution is 7.91. The van der Waals surface area contributed by atoms with Crippen LogP contribution in [0.2, 0.25) is 0 Å². The minimum absolute atomic E-state index is 0.128. The van der Waals surface area contributed by atoms with Gasteiger partial charge in [0.15, 0.2) is 15.7 Å². The maximum atomic E-state index is 11.6. The molecule has 1 fully saturated rings. The third-order valence-electron chi connectivity index (χ3n) is 3.44. The van der Waals surface area contributed by atoms with Crippen LogP contribution in [0.1, 0.15) is 17.3 Å². The fourth-order valence-corrected chi connectivity index (χ4v) is 3.88. The van der Waals surface area contributed by atoms with Crippen LogP contribution in [-0.2, 0) is 22.7 Å². The number of sulfone groups is 1. The molecule has 0 saturated carbocycles. The summed E-state index contributed by atoms with van der Waals surface area (Å²) in [4.78, 5) is 4.33. The summed E-state index contributed by atoms with van der Waals surface area (Å²) in [6, 6.07) is 9.76. The SMILES string of the molecule is O=S1(=O)CCNC(Cc2nc(Cc3ccccc3)no2)C1. The first-order valence-corrected chi connectivity index (χ1v) is 8.72. The van der Waals surface area contributed by atoms with Crippen molar-refractivity contribution in [1.82, 2.24) is 15.5 Å². The van der Waals surface area contributed by atoms with Crippen molar-refractivity contribution >= 4 is 9.84 Å². The van der Waals surface area contributed by atoms with Gasteiger partial charge in [-0.15, -0.1) is 0 Å². The molecule has 1 aromatic heterocycles. The molecule has 0 radical (unpaired) electrons. The fourth-order valence-electron chi connectivity index (χ4n) is 2.43. The van der Waals surface area contributed by atoms with Crippen LogP contribution in [0.4, 0.5) is 0 Å². The van der Waals surface area contributed by atoms with E-state index in [2.05, 4.69) is 15.5 Å². The molecule has 1 atom stereocenters. The van der Waals surface area contributed by atoms with Crippen LogP contribution in [0.3, 0.4) is 0 Å². The van der Waals surface area contributed by atoms with Crippen molar-refractivity contribution in [1.29, 1.82) is 0 Å². The van der Waals surface area contributed by atoms with Gasteiger partial charge in [-0.25, -0.2) is 8.42 Å². The molecule has 1 aromatic carbocycles. The molecule has 0 spiro atoms. The van der Waals surface area contributed by atoms with Gasteiger partial charge < -0.3 is 9.84 Å². The Morgan fingerprint density at radius 1 is 1.29 bits per heavy atom. The number of rotatable bonds is 4. The van der Waals surface area contributed by atoms with Crippen LogP contribution in [0.5, 0.6) is 0 Å². The molecular weight excluding hydrogens is 290 g/mol. The predicted molar refractivity (Wildman–Crippen MR) is 77.7 cm³/mol. The average Bonchev–Trinajstić information content (AvgIpc) is 2.86. The molecule has 0 aliphatic carbocycles. The lowest BCUT2D eigenvalue weighted by Crippen LogP contribution is -2.46. The summed E-state index contributed by atoms with van der Waals surface area (Å²) in [5.41, 5.74) is 1.11. The zero-order chi connectivity index (χ0) is 14.7. The molecule has 2 aromatic rings. The fraction of sp³-hybridized carbons (Fsp3) is 0.429. The van der Waals surface area contributed by atoms with Crippen molar-refractivity contribution < 1.29 is 12.9 Å². The molecule has 6 nitrogen and oxygen atoms in total. The summed E-state index contributed by atoms with van der Waals surface area (Å²) < 4.78 is 28.4. The maximum Gasteiger partial charge on any atom is 0.228 e. The van der Waals surface area contributed by atoms with Crippen LogP contribution in [0, 0.1) is 0 Å². The molecule has 2 heterocycles. The number of nitrogens with one attached hydrogen (secondary N) is 1. The molecule has 3 rings (SSSR count). The van der Waals surface area contributed by atoms with E-state index in [1.165, 1.54) is 0 Å². The molecular formula is C14H17N3O3S. The van der Waals surface area contributed by atoms with Gasteiger partial charge in [0.05, 0.1) is 11.5 Å². The summed E-state index contributed by atoms with van der Waals surface area (Å²) in [5, 5.41) is 7.13. The van der Waals surface area contributed by atoms with Crippen molar-refractivity contribution in [2.45, 2.75) is 18.9 Å². The van der Waals surface area contributed by atoms with Crippen molar-refractivity contribution in [3.63, 3.8) is 0 Å². The Labute approximate surface area is 123 Å². The van der Waals surface area contributed by atoms with Crippen LogP contribution in [-0.4, -0.2) is 42.7 Å². The number of benzene rings is 1. The molecule has 112 valence electrons. The van der Waals surface area contributed by atoms with Gasteiger partial charge in [0, 0.05) is 25.4 Å². The Morgan fingerprint density at radius 3 is 2.86 bits per heavy atom. The molecule has 1 N–H and O–H groups in total. The molecule has 21 heavy (non-hydrogen) atoms. The van der Waals surface area contributed by atoms with Crippen molar-refractivity contribution in [2.75, 3.05) is 18.1 Å². The number of aromatic nitrogens is 2. The first-order valence-electron chi connectivity index (χ1n) is 6.90. The number of hydrogen-bond acceptors (Lipinski definition) is 6. The van der Waals surface area contributed by atoms with Crippen LogP contribution < -0.4 is 5.32 Å². The lowest BCUT2D eigenvalue weighted by molar-refractivity contribution is 0.357. The van der Waals surface area contributed by atoms with Gasteiger partial charge in [0.1, 0.15) is 0 Å². The highest BCUT2D eigenvalue weighted by Gasteiger charge is 2.26. The Morgan fingerprint density at radius 2 is 2.10 bits per heavy atom. The Kier molecular flexibility index (Phi) is 4.03. The minimum Gasteiger partial charge on any atom is -0.339 e. The van der Waals surface area contributed by atoms with E-state index in [9.17, 15) is 8.42 Å². The van der Waals surface area contributed by atoms with Crippen molar-refractivity contribution in [2.24, 2.45) is 0 Å². The largest absolute Gasteiger partial charge is 0.339 e. The zero-order valence-corrected chi connectivity index (χ0v) is 12.3. The van der Waals surface area contributed by atoms with E-state index in [1.807, 2.05) is 30.3 Å². The van der Waals surface area contributed by atoms with Gasteiger partial charge in [-0.05, 0) is 5.56 Å². The first-order chi connectivity index (χ1) is 10.1. The van der Waals surface area contributed by atoms with E-state index < -0.39 is 9.84 Å². The highest BCUT2D eigenvalue weighted by Crippen LogP contribution is 2.10. The molecule has 1 unspecified atom stereocenters. The van der Waals surface area contributed by atoms with E-state index in [1.54, 1.807) is 0 Å². The summed E-state index contributed by atoms with van der Waals surface area (Å²) >= 11 is 0. The summed E-state index contributed by atoms with van der Waals surface area (Å²) in [6.45, 7) is 0.484. The van der Waals surface area contributed by atoms with Gasteiger partial charge in [-0.2, -0.15) is 4.98 Å². The molecule has 7 heteroatoms. The number of hydrogen-bond donors (Lipinski definition) is 1. The van der Waals surface area contributed by atoms with Gasteiger partial charge in [-0.1, -0.05) is 35.5 Å². The maximum absolute atomic E-state index is 11.6. The van der Waals surface area contributed by atoms with Gasteiger partial charge in [0.2, 0.25) is 5.89 Å². The van der Waals surface area contributed by atoms with Crippen LogP contribution >= 0.6 is 0 Å². The van der Waals surface area contributed by atoms with Crippen LogP contribution in [0.25, 0.3) is 0 Å². The Hall–Kier alpha value is -1.73. The average molecular weight is 307 g/mol. The molecule has 0 amide bonds. The summed E-state index contributed by atoms with van der Waals surface area (Å²) in [5.74, 6) is 1.43. The standard InChI is InChI=1S/C14H17N3O3S/c18-21(19)7-6-15-12(10-21)9-14-16-13(17-20-14)8-11-4-2-1-3-5-11/h1-5,12,15H,6-10H2. The second kappa shape index (κ2) is 5.95. The van der Waals surface area contributed by atoms with Gasteiger partial charge >= 0.3 is 0 Å².